The first-order chi connectivity index (χ1) is 9.02. The SMILES string of the molecule is CCC(C(N)=O)N1CC(c2ccc(Cl)cc2)CC1=O. The highest BCUT2D eigenvalue weighted by molar-refractivity contribution is 6.30. The zero-order valence-corrected chi connectivity index (χ0v) is 11.6. The smallest absolute Gasteiger partial charge is 0.240 e. The van der Waals surface area contributed by atoms with Crippen LogP contribution < -0.4 is 5.73 Å². The lowest BCUT2D eigenvalue weighted by molar-refractivity contribution is -0.136. The molecule has 2 amide bonds. The van der Waals surface area contributed by atoms with Crippen molar-refractivity contribution in [2.45, 2.75) is 31.7 Å². The lowest BCUT2D eigenvalue weighted by atomic mass is 9.98. The minimum Gasteiger partial charge on any atom is -0.368 e. The van der Waals surface area contributed by atoms with Crippen LogP contribution in [0.3, 0.4) is 0 Å². The van der Waals surface area contributed by atoms with Crippen molar-refractivity contribution < 1.29 is 9.59 Å². The number of carbonyl (C=O) groups is 2. The van der Waals surface area contributed by atoms with Crippen molar-refractivity contribution in [3.05, 3.63) is 34.9 Å². The van der Waals surface area contributed by atoms with E-state index in [0.29, 0.717) is 24.4 Å². The predicted octanol–water partition coefficient (Wildman–Crippen LogP) is 1.92. The van der Waals surface area contributed by atoms with Crippen molar-refractivity contribution in [2.24, 2.45) is 5.73 Å². The van der Waals surface area contributed by atoms with Crippen LogP contribution >= 0.6 is 11.6 Å². The third-order valence-corrected chi connectivity index (χ3v) is 3.84. The summed E-state index contributed by atoms with van der Waals surface area (Å²) in [7, 11) is 0. The van der Waals surface area contributed by atoms with Crippen molar-refractivity contribution in [2.75, 3.05) is 6.54 Å². The number of likely N-dealkylation sites (tertiary alicyclic amines) is 1. The highest BCUT2D eigenvalue weighted by atomic mass is 35.5. The summed E-state index contributed by atoms with van der Waals surface area (Å²) in [6.07, 6.45) is 0.972. The van der Waals surface area contributed by atoms with Gasteiger partial charge in [0.2, 0.25) is 11.8 Å². The summed E-state index contributed by atoms with van der Waals surface area (Å²) in [4.78, 5) is 25.0. The van der Waals surface area contributed by atoms with Gasteiger partial charge in [0.05, 0.1) is 0 Å². The minimum absolute atomic E-state index is 0.00870. The molecule has 1 aromatic rings. The summed E-state index contributed by atoms with van der Waals surface area (Å²) < 4.78 is 0. The standard InChI is InChI=1S/C14H17ClN2O2/c1-2-12(14(16)19)17-8-10(7-13(17)18)9-3-5-11(15)6-4-9/h3-6,10,12H,2,7-8H2,1H3,(H2,16,19). The van der Waals surface area contributed by atoms with E-state index in [-0.39, 0.29) is 11.8 Å². The molecule has 1 aliphatic rings. The van der Waals surface area contributed by atoms with Gasteiger partial charge in [0.15, 0.2) is 0 Å². The number of nitrogens with zero attached hydrogens (tertiary/aromatic N) is 1. The Morgan fingerprint density at radius 2 is 2.11 bits per heavy atom. The molecule has 4 nitrogen and oxygen atoms in total. The Kier molecular flexibility index (Phi) is 4.10. The fraction of sp³-hybridized carbons (Fsp3) is 0.429. The van der Waals surface area contributed by atoms with Crippen LogP contribution in [0.25, 0.3) is 0 Å². The number of carbonyl (C=O) groups excluding carboxylic acids is 2. The molecule has 5 heteroatoms. The summed E-state index contributed by atoms with van der Waals surface area (Å²) in [5.41, 5.74) is 6.41. The molecule has 2 unspecified atom stereocenters. The molecule has 1 fully saturated rings. The summed E-state index contributed by atoms with van der Waals surface area (Å²) in [6, 6.07) is 6.99. The average Bonchev–Trinajstić information content (AvgIpc) is 2.73. The molecule has 0 aromatic heterocycles. The largest absolute Gasteiger partial charge is 0.368 e. The maximum atomic E-state index is 12.0. The van der Waals surface area contributed by atoms with Gasteiger partial charge in [-0.25, -0.2) is 0 Å². The van der Waals surface area contributed by atoms with E-state index in [0.717, 1.165) is 5.56 Å². The third-order valence-electron chi connectivity index (χ3n) is 3.59. The first-order valence-corrected chi connectivity index (χ1v) is 6.75. The summed E-state index contributed by atoms with van der Waals surface area (Å²) in [5.74, 6) is -0.337. The van der Waals surface area contributed by atoms with Gasteiger partial charge >= 0.3 is 0 Å². The van der Waals surface area contributed by atoms with E-state index in [4.69, 9.17) is 17.3 Å². The molecule has 1 aromatic carbocycles. The molecule has 0 spiro atoms. The van der Waals surface area contributed by atoms with Crippen LogP contribution in [0.4, 0.5) is 0 Å². The fourth-order valence-electron chi connectivity index (χ4n) is 2.57. The molecule has 2 N–H and O–H groups in total. The Labute approximate surface area is 117 Å². The zero-order valence-electron chi connectivity index (χ0n) is 10.8. The highest BCUT2D eigenvalue weighted by Gasteiger charge is 2.36. The Morgan fingerprint density at radius 3 is 2.63 bits per heavy atom. The van der Waals surface area contributed by atoms with E-state index in [1.54, 1.807) is 4.90 Å². The summed E-state index contributed by atoms with van der Waals surface area (Å²) in [5, 5.41) is 0.675. The van der Waals surface area contributed by atoms with E-state index in [2.05, 4.69) is 0 Å². The van der Waals surface area contributed by atoms with Gasteiger partial charge in [-0.3, -0.25) is 9.59 Å². The van der Waals surface area contributed by atoms with E-state index in [1.165, 1.54) is 0 Å². The number of nitrogens with two attached hydrogens (primary N) is 1. The lowest BCUT2D eigenvalue weighted by Crippen LogP contribution is -2.45. The quantitative estimate of drug-likeness (QED) is 0.916. The normalized spacial score (nSPS) is 20.6. The second-order valence-corrected chi connectivity index (χ2v) is 5.26. The van der Waals surface area contributed by atoms with Gasteiger partial charge in [0.25, 0.3) is 0 Å². The molecular weight excluding hydrogens is 264 g/mol. The molecule has 0 aliphatic carbocycles. The number of hydrogen-bond acceptors (Lipinski definition) is 2. The van der Waals surface area contributed by atoms with Crippen LogP contribution in [0.5, 0.6) is 0 Å². The number of rotatable bonds is 4. The van der Waals surface area contributed by atoms with E-state index in [1.807, 2.05) is 31.2 Å². The maximum Gasteiger partial charge on any atom is 0.240 e. The number of amides is 2. The second kappa shape index (κ2) is 5.61. The van der Waals surface area contributed by atoms with Gasteiger partial charge in [-0.2, -0.15) is 0 Å². The third kappa shape index (κ3) is 2.89. The zero-order chi connectivity index (χ0) is 14.0. The van der Waals surface area contributed by atoms with Crippen molar-refractivity contribution >= 4 is 23.4 Å². The van der Waals surface area contributed by atoms with E-state index < -0.39 is 11.9 Å². The molecule has 0 saturated carbocycles. The highest BCUT2D eigenvalue weighted by Crippen LogP contribution is 2.30. The van der Waals surface area contributed by atoms with Gasteiger partial charge in [-0.05, 0) is 24.1 Å². The molecule has 1 aliphatic heterocycles. The molecular formula is C14H17ClN2O2. The van der Waals surface area contributed by atoms with Crippen LogP contribution in [-0.4, -0.2) is 29.3 Å². The number of primary amides is 1. The minimum atomic E-state index is -0.496. The first kappa shape index (κ1) is 13.9. The van der Waals surface area contributed by atoms with Crippen molar-refractivity contribution in [3.63, 3.8) is 0 Å². The van der Waals surface area contributed by atoms with Gasteiger partial charge in [0, 0.05) is 23.9 Å². The summed E-state index contributed by atoms with van der Waals surface area (Å²) in [6.45, 7) is 2.40. The molecule has 1 heterocycles. The number of halogens is 1. The van der Waals surface area contributed by atoms with Crippen LogP contribution in [0.2, 0.25) is 5.02 Å². The molecule has 0 radical (unpaired) electrons. The average molecular weight is 281 g/mol. The van der Waals surface area contributed by atoms with Crippen LogP contribution in [0.1, 0.15) is 31.2 Å². The van der Waals surface area contributed by atoms with Gasteiger partial charge in [-0.15, -0.1) is 0 Å². The Bertz CT molecular complexity index is 487. The lowest BCUT2D eigenvalue weighted by Gasteiger charge is -2.24. The molecule has 1 saturated heterocycles. The van der Waals surface area contributed by atoms with E-state index >= 15 is 0 Å². The topological polar surface area (TPSA) is 63.4 Å². The van der Waals surface area contributed by atoms with Crippen LogP contribution in [0.15, 0.2) is 24.3 Å². The monoisotopic (exact) mass is 280 g/mol. The van der Waals surface area contributed by atoms with Crippen molar-refractivity contribution in [3.8, 4) is 0 Å². The van der Waals surface area contributed by atoms with Crippen LogP contribution in [0, 0.1) is 0 Å². The molecule has 19 heavy (non-hydrogen) atoms. The molecule has 2 rings (SSSR count). The van der Waals surface area contributed by atoms with Crippen LogP contribution in [-0.2, 0) is 9.59 Å². The predicted molar refractivity (Wildman–Crippen MR) is 73.8 cm³/mol. The van der Waals surface area contributed by atoms with E-state index in [9.17, 15) is 9.59 Å². The van der Waals surface area contributed by atoms with Crippen molar-refractivity contribution in [1.82, 2.24) is 4.90 Å². The second-order valence-electron chi connectivity index (χ2n) is 4.83. The first-order valence-electron chi connectivity index (χ1n) is 6.37. The molecule has 102 valence electrons. The Hall–Kier alpha value is -1.55. The Balaban J connectivity index is 2.15. The van der Waals surface area contributed by atoms with Gasteiger partial charge in [0.1, 0.15) is 6.04 Å². The van der Waals surface area contributed by atoms with Gasteiger partial charge in [-0.1, -0.05) is 30.7 Å². The number of benzene rings is 1. The molecule has 2 atom stereocenters. The summed E-state index contributed by atoms with van der Waals surface area (Å²) >= 11 is 5.85. The van der Waals surface area contributed by atoms with Gasteiger partial charge < -0.3 is 10.6 Å². The van der Waals surface area contributed by atoms with Crippen molar-refractivity contribution in [1.29, 1.82) is 0 Å². The fourth-order valence-corrected chi connectivity index (χ4v) is 2.69. The molecule has 0 bridgehead atoms. The maximum absolute atomic E-state index is 12.0. The Morgan fingerprint density at radius 1 is 1.47 bits per heavy atom. The number of hydrogen-bond donors (Lipinski definition) is 1.